The Morgan fingerprint density at radius 3 is 2.33 bits per heavy atom. The van der Waals surface area contributed by atoms with Gasteiger partial charge in [-0.05, 0) is 56.3 Å². The van der Waals surface area contributed by atoms with Crippen LogP contribution >= 0.6 is 0 Å². The van der Waals surface area contributed by atoms with E-state index in [9.17, 15) is 13.2 Å². The highest BCUT2D eigenvalue weighted by Crippen LogP contribution is 2.26. The summed E-state index contributed by atoms with van der Waals surface area (Å²) < 4.78 is 33.3. The quantitative estimate of drug-likeness (QED) is 0.575. The van der Waals surface area contributed by atoms with Crippen molar-refractivity contribution in [1.82, 2.24) is 0 Å². The van der Waals surface area contributed by atoms with E-state index in [2.05, 4.69) is 5.32 Å². The van der Waals surface area contributed by atoms with Gasteiger partial charge in [0.15, 0.2) is 0 Å². The number of carbonyl (C=O) groups excluding carboxylic acids is 1. The highest BCUT2D eigenvalue weighted by atomic mass is 32.2. The molecule has 3 rings (SSSR count). The first kappa shape index (κ1) is 21.4. The predicted molar refractivity (Wildman–Crippen MR) is 119 cm³/mol. The number of anilines is 2. The summed E-state index contributed by atoms with van der Waals surface area (Å²) in [4.78, 5) is 12.8. The molecule has 3 aromatic rings. The molecule has 0 aliphatic rings. The minimum Gasteiger partial charge on any atom is -0.492 e. The van der Waals surface area contributed by atoms with E-state index in [0.717, 1.165) is 0 Å². The molecule has 3 aromatic carbocycles. The van der Waals surface area contributed by atoms with Crippen molar-refractivity contribution >= 4 is 27.3 Å². The van der Waals surface area contributed by atoms with Crippen LogP contribution in [0.5, 0.6) is 5.75 Å². The molecule has 0 atom stereocenters. The number of benzene rings is 3. The summed E-state index contributed by atoms with van der Waals surface area (Å²) in [6, 6.07) is 22.0. The number of amides is 1. The molecular weight excluding hydrogens is 400 g/mol. The number of sulfonamides is 1. The average Bonchev–Trinajstić information content (AvgIpc) is 2.76. The van der Waals surface area contributed by atoms with E-state index in [1.54, 1.807) is 61.5 Å². The third kappa shape index (κ3) is 4.63. The first-order valence-corrected chi connectivity index (χ1v) is 11.1. The van der Waals surface area contributed by atoms with Crippen LogP contribution in [0.1, 0.15) is 24.2 Å². The number of para-hydroxylation sites is 3. The summed E-state index contributed by atoms with van der Waals surface area (Å²) in [6.07, 6.45) is 0. The van der Waals surface area contributed by atoms with Gasteiger partial charge in [-0.15, -0.1) is 0 Å². The number of hydrogen-bond acceptors (Lipinski definition) is 4. The number of nitrogens with zero attached hydrogens (tertiary/aromatic N) is 1. The van der Waals surface area contributed by atoms with Crippen molar-refractivity contribution in [2.75, 3.05) is 22.8 Å². The van der Waals surface area contributed by atoms with Gasteiger partial charge < -0.3 is 10.1 Å². The second-order valence-corrected chi connectivity index (χ2v) is 8.28. The highest BCUT2D eigenvalue weighted by molar-refractivity contribution is 7.92. The van der Waals surface area contributed by atoms with Crippen LogP contribution < -0.4 is 14.4 Å². The molecule has 0 saturated carbocycles. The van der Waals surface area contributed by atoms with Crippen LogP contribution in [0.4, 0.5) is 11.4 Å². The van der Waals surface area contributed by atoms with E-state index in [1.807, 2.05) is 19.1 Å². The van der Waals surface area contributed by atoms with Gasteiger partial charge in [0.05, 0.1) is 22.9 Å². The minimum atomic E-state index is -3.82. The van der Waals surface area contributed by atoms with Crippen molar-refractivity contribution < 1.29 is 17.9 Å². The van der Waals surface area contributed by atoms with Crippen LogP contribution in [0.25, 0.3) is 0 Å². The zero-order valence-electron chi connectivity index (χ0n) is 16.9. The Bertz CT molecular complexity index is 1110. The molecule has 7 heteroatoms. The third-order valence-electron chi connectivity index (χ3n) is 4.45. The van der Waals surface area contributed by atoms with Crippen molar-refractivity contribution in [3.63, 3.8) is 0 Å². The van der Waals surface area contributed by atoms with Crippen LogP contribution in [-0.4, -0.2) is 27.5 Å². The van der Waals surface area contributed by atoms with Crippen molar-refractivity contribution in [3.8, 4) is 5.75 Å². The Balaban J connectivity index is 1.89. The molecule has 0 heterocycles. The van der Waals surface area contributed by atoms with Crippen LogP contribution in [0.2, 0.25) is 0 Å². The second kappa shape index (κ2) is 9.45. The Morgan fingerprint density at radius 1 is 0.933 bits per heavy atom. The summed E-state index contributed by atoms with van der Waals surface area (Å²) in [7, 11) is -3.82. The van der Waals surface area contributed by atoms with E-state index in [1.165, 1.54) is 16.4 Å². The smallest absolute Gasteiger partial charge is 0.264 e. The lowest BCUT2D eigenvalue weighted by Gasteiger charge is -2.23. The van der Waals surface area contributed by atoms with Crippen LogP contribution in [0.15, 0.2) is 83.8 Å². The topological polar surface area (TPSA) is 75.7 Å². The molecule has 0 aromatic heterocycles. The third-order valence-corrected chi connectivity index (χ3v) is 6.35. The molecule has 0 saturated heterocycles. The van der Waals surface area contributed by atoms with Gasteiger partial charge in [-0.1, -0.05) is 36.4 Å². The van der Waals surface area contributed by atoms with Gasteiger partial charge in [-0.2, -0.15) is 0 Å². The molecule has 1 amide bonds. The fourth-order valence-corrected chi connectivity index (χ4v) is 4.58. The van der Waals surface area contributed by atoms with Crippen molar-refractivity contribution in [2.24, 2.45) is 0 Å². The molecule has 6 nitrogen and oxygen atoms in total. The molecule has 0 aliphatic heterocycles. The number of carbonyl (C=O) groups is 1. The Labute approximate surface area is 177 Å². The molecule has 0 aliphatic carbocycles. The Morgan fingerprint density at radius 2 is 1.63 bits per heavy atom. The molecule has 0 bridgehead atoms. The second-order valence-electron chi connectivity index (χ2n) is 6.42. The molecular formula is C23H24N2O4S. The van der Waals surface area contributed by atoms with E-state index in [-0.39, 0.29) is 17.0 Å². The standard InChI is InChI=1S/C23H24N2O4S/c1-3-25(19-12-6-5-7-13-19)30(27,28)20-14-10-11-18(17-20)23(26)24-21-15-8-9-16-22(21)29-4-2/h5-17H,3-4H2,1-2H3,(H,24,26). The van der Waals surface area contributed by atoms with Gasteiger partial charge in [-0.25, -0.2) is 8.42 Å². The normalized spacial score (nSPS) is 11.0. The first-order valence-electron chi connectivity index (χ1n) is 9.68. The SMILES string of the molecule is CCOc1ccccc1NC(=O)c1cccc(S(=O)(=O)N(CC)c2ccccc2)c1. The fraction of sp³-hybridized carbons (Fsp3) is 0.174. The maximum atomic E-state index is 13.2. The number of rotatable bonds is 8. The summed E-state index contributed by atoms with van der Waals surface area (Å²) in [5, 5.41) is 2.79. The molecule has 0 fully saturated rings. The summed E-state index contributed by atoms with van der Waals surface area (Å²) >= 11 is 0. The minimum absolute atomic E-state index is 0.0546. The lowest BCUT2D eigenvalue weighted by molar-refractivity contribution is 0.102. The largest absolute Gasteiger partial charge is 0.492 e. The van der Waals surface area contributed by atoms with E-state index >= 15 is 0 Å². The summed E-state index contributed by atoms with van der Waals surface area (Å²) in [5.41, 5.74) is 1.34. The molecule has 1 N–H and O–H groups in total. The van der Waals surface area contributed by atoms with E-state index < -0.39 is 15.9 Å². The lowest BCUT2D eigenvalue weighted by Crippen LogP contribution is -2.31. The fourth-order valence-electron chi connectivity index (χ4n) is 3.06. The van der Waals surface area contributed by atoms with Crippen LogP contribution in [-0.2, 0) is 10.0 Å². The van der Waals surface area contributed by atoms with E-state index in [0.29, 0.717) is 23.7 Å². The van der Waals surface area contributed by atoms with Crippen molar-refractivity contribution in [2.45, 2.75) is 18.7 Å². The van der Waals surface area contributed by atoms with Crippen LogP contribution in [0, 0.1) is 0 Å². The molecule has 0 unspecified atom stereocenters. The van der Waals surface area contributed by atoms with Gasteiger partial charge in [0.25, 0.3) is 15.9 Å². The molecule has 0 spiro atoms. The molecule has 0 radical (unpaired) electrons. The maximum Gasteiger partial charge on any atom is 0.264 e. The zero-order chi connectivity index (χ0) is 21.6. The molecule has 156 valence electrons. The maximum absolute atomic E-state index is 13.2. The first-order chi connectivity index (χ1) is 14.5. The lowest BCUT2D eigenvalue weighted by atomic mass is 10.2. The van der Waals surface area contributed by atoms with Gasteiger partial charge in [-0.3, -0.25) is 9.10 Å². The van der Waals surface area contributed by atoms with E-state index in [4.69, 9.17) is 4.74 Å². The summed E-state index contributed by atoms with van der Waals surface area (Å²) in [6.45, 7) is 4.36. The monoisotopic (exact) mass is 424 g/mol. The highest BCUT2D eigenvalue weighted by Gasteiger charge is 2.24. The average molecular weight is 425 g/mol. The van der Waals surface area contributed by atoms with Gasteiger partial charge in [0, 0.05) is 12.1 Å². The van der Waals surface area contributed by atoms with Gasteiger partial charge >= 0.3 is 0 Å². The van der Waals surface area contributed by atoms with Crippen molar-refractivity contribution in [1.29, 1.82) is 0 Å². The summed E-state index contributed by atoms with van der Waals surface area (Å²) in [5.74, 6) is 0.139. The van der Waals surface area contributed by atoms with Gasteiger partial charge in [0.2, 0.25) is 0 Å². The predicted octanol–water partition coefficient (Wildman–Crippen LogP) is 4.55. The van der Waals surface area contributed by atoms with Crippen molar-refractivity contribution in [3.05, 3.63) is 84.4 Å². The zero-order valence-corrected chi connectivity index (χ0v) is 17.7. The number of ether oxygens (including phenoxy) is 1. The van der Waals surface area contributed by atoms with Gasteiger partial charge in [0.1, 0.15) is 5.75 Å². The number of nitrogens with one attached hydrogen (secondary N) is 1. The number of hydrogen-bond donors (Lipinski definition) is 1. The Hall–Kier alpha value is -3.32. The molecule has 30 heavy (non-hydrogen) atoms. The van der Waals surface area contributed by atoms with Crippen LogP contribution in [0.3, 0.4) is 0 Å². The Kier molecular flexibility index (Phi) is 6.74.